The topological polar surface area (TPSA) is 17.1 Å². The molecule has 0 heterocycles. The fourth-order valence-corrected chi connectivity index (χ4v) is 2.10. The maximum absolute atomic E-state index is 10.1. The van der Waals surface area contributed by atoms with Crippen molar-refractivity contribution in [3.63, 3.8) is 0 Å². The van der Waals surface area contributed by atoms with E-state index < -0.39 is 0 Å². The van der Waals surface area contributed by atoms with Gasteiger partial charge in [-0.1, -0.05) is 76.2 Å². The molecule has 1 nitrogen and oxygen atoms in total. The highest BCUT2D eigenvalue weighted by molar-refractivity contribution is 5.48. The van der Waals surface area contributed by atoms with E-state index in [0.717, 1.165) is 19.1 Å². The van der Waals surface area contributed by atoms with Gasteiger partial charge in [-0.3, -0.25) is 0 Å². The lowest BCUT2D eigenvalue weighted by Gasteiger charge is -2.01. The smallest absolute Gasteiger partial charge is 0.119 e. The Hall–Kier alpha value is -0.850. The number of unbranched alkanes of at least 4 members (excludes halogenated alkanes) is 11. The van der Waals surface area contributed by atoms with Crippen LogP contribution in [0.5, 0.6) is 0 Å². The number of carbonyl (C=O) groups is 1. The summed E-state index contributed by atoms with van der Waals surface area (Å²) >= 11 is 0. The quantitative estimate of drug-likeness (QED) is 0.222. The molecule has 0 radical (unpaired) electrons. The number of rotatable bonds is 14. The largest absolute Gasteiger partial charge is 0.303 e. The molecule has 0 N–H and O–H groups in total. The van der Waals surface area contributed by atoms with Crippen LogP contribution in [-0.2, 0) is 4.79 Å². The Morgan fingerprint density at radius 1 is 0.667 bits per heavy atom. The summed E-state index contributed by atoms with van der Waals surface area (Å²) in [6, 6.07) is 0. The van der Waals surface area contributed by atoms with Crippen molar-refractivity contribution in [2.24, 2.45) is 0 Å². The van der Waals surface area contributed by atoms with Crippen LogP contribution in [0.25, 0.3) is 0 Å². The van der Waals surface area contributed by atoms with Crippen molar-refractivity contribution in [1.29, 1.82) is 0 Å². The van der Waals surface area contributed by atoms with Gasteiger partial charge < -0.3 is 4.79 Å². The molecule has 0 aromatic heterocycles. The lowest BCUT2D eigenvalue weighted by molar-refractivity contribution is -0.107. The predicted octanol–water partition coefficient (Wildman–Crippen LogP) is 5.61. The summed E-state index contributed by atoms with van der Waals surface area (Å²) in [4.78, 5) is 10.1. The zero-order valence-corrected chi connectivity index (χ0v) is 11.9. The summed E-state index contributed by atoms with van der Waals surface area (Å²) in [7, 11) is 0. The van der Waals surface area contributed by atoms with E-state index in [9.17, 15) is 4.79 Å². The van der Waals surface area contributed by atoms with Gasteiger partial charge in [0.05, 0.1) is 0 Å². The van der Waals surface area contributed by atoms with E-state index in [0.29, 0.717) is 0 Å². The van der Waals surface area contributed by atoms with Crippen molar-refractivity contribution in [2.75, 3.05) is 0 Å². The standard InChI is InChI=1S/C17H30O/c1-2-3-4-5-6-7-8-9-10-11-12-13-14-15-16-17-18/h2-4,17H,1,5-16H2/b4-3-. The summed E-state index contributed by atoms with van der Waals surface area (Å²) in [5.74, 6) is 0. The van der Waals surface area contributed by atoms with Crippen LogP contribution >= 0.6 is 0 Å². The molecule has 0 aliphatic carbocycles. The van der Waals surface area contributed by atoms with Crippen molar-refractivity contribution in [1.82, 2.24) is 0 Å². The molecule has 0 fully saturated rings. The summed E-state index contributed by atoms with van der Waals surface area (Å²) in [5.41, 5.74) is 0. The summed E-state index contributed by atoms with van der Waals surface area (Å²) in [5, 5.41) is 0. The first-order valence-electron chi connectivity index (χ1n) is 7.63. The minimum absolute atomic E-state index is 0.750. The van der Waals surface area contributed by atoms with Crippen molar-refractivity contribution in [3.8, 4) is 0 Å². The molecule has 0 unspecified atom stereocenters. The fourth-order valence-electron chi connectivity index (χ4n) is 2.10. The maximum atomic E-state index is 10.1. The van der Waals surface area contributed by atoms with Gasteiger partial charge in [0.2, 0.25) is 0 Å². The summed E-state index contributed by atoms with van der Waals surface area (Å²) in [6.45, 7) is 3.66. The van der Waals surface area contributed by atoms with Crippen LogP contribution < -0.4 is 0 Å². The third-order valence-electron chi connectivity index (χ3n) is 3.21. The van der Waals surface area contributed by atoms with Gasteiger partial charge in [0.1, 0.15) is 6.29 Å². The molecular weight excluding hydrogens is 220 g/mol. The molecule has 0 atom stereocenters. The van der Waals surface area contributed by atoms with Gasteiger partial charge in [-0.05, 0) is 19.3 Å². The number of hydrogen-bond acceptors (Lipinski definition) is 1. The van der Waals surface area contributed by atoms with Crippen LogP contribution in [0.3, 0.4) is 0 Å². The Kier molecular flexibility index (Phi) is 15.4. The molecule has 0 saturated heterocycles. The molecule has 0 amide bonds. The average Bonchev–Trinajstić information content (AvgIpc) is 2.39. The van der Waals surface area contributed by atoms with Gasteiger partial charge in [-0.25, -0.2) is 0 Å². The second-order valence-corrected chi connectivity index (χ2v) is 4.94. The molecule has 0 saturated carbocycles. The van der Waals surface area contributed by atoms with Gasteiger partial charge >= 0.3 is 0 Å². The van der Waals surface area contributed by atoms with E-state index in [1.807, 2.05) is 12.2 Å². The van der Waals surface area contributed by atoms with Crippen molar-refractivity contribution in [2.45, 2.75) is 77.0 Å². The van der Waals surface area contributed by atoms with Crippen molar-refractivity contribution >= 4 is 6.29 Å². The molecular formula is C17H30O. The molecule has 1 heteroatoms. The minimum Gasteiger partial charge on any atom is -0.303 e. The lowest BCUT2D eigenvalue weighted by Crippen LogP contribution is -1.82. The van der Waals surface area contributed by atoms with Crippen molar-refractivity contribution < 1.29 is 4.79 Å². The lowest BCUT2D eigenvalue weighted by atomic mass is 10.1. The first kappa shape index (κ1) is 17.2. The van der Waals surface area contributed by atoms with E-state index in [1.54, 1.807) is 0 Å². The molecule has 0 spiro atoms. The Morgan fingerprint density at radius 2 is 1.11 bits per heavy atom. The minimum atomic E-state index is 0.750. The van der Waals surface area contributed by atoms with E-state index in [4.69, 9.17) is 0 Å². The number of carbonyl (C=O) groups excluding carboxylic acids is 1. The van der Waals surface area contributed by atoms with Crippen LogP contribution in [0.1, 0.15) is 77.0 Å². The van der Waals surface area contributed by atoms with Gasteiger partial charge in [0.15, 0.2) is 0 Å². The zero-order chi connectivity index (χ0) is 13.3. The SMILES string of the molecule is C=C/C=C\CCCCCCCCCCCCC=O. The molecule has 0 rings (SSSR count). The molecule has 0 aromatic rings. The Balaban J connectivity index is 2.96. The summed E-state index contributed by atoms with van der Waals surface area (Å²) < 4.78 is 0. The first-order valence-corrected chi connectivity index (χ1v) is 7.63. The molecule has 0 aliphatic heterocycles. The highest BCUT2D eigenvalue weighted by Gasteiger charge is 1.92. The van der Waals surface area contributed by atoms with Crippen LogP contribution in [-0.4, -0.2) is 6.29 Å². The molecule has 0 bridgehead atoms. The van der Waals surface area contributed by atoms with Crippen LogP contribution in [0.15, 0.2) is 24.8 Å². The highest BCUT2D eigenvalue weighted by atomic mass is 16.1. The average molecular weight is 250 g/mol. The third-order valence-corrected chi connectivity index (χ3v) is 3.21. The monoisotopic (exact) mass is 250 g/mol. The van der Waals surface area contributed by atoms with E-state index in [-0.39, 0.29) is 0 Å². The van der Waals surface area contributed by atoms with Gasteiger partial charge in [0, 0.05) is 6.42 Å². The Labute approximate surface area is 113 Å². The second kappa shape index (κ2) is 16.1. The normalized spacial score (nSPS) is 10.9. The second-order valence-electron chi connectivity index (χ2n) is 4.94. The third kappa shape index (κ3) is 15.1. The van der Waals surface area contributed by atoms with E-state index in [2.05, 4.69) is 12.7 Å². The van der Waals surface area contributed by atoms with Crippen molar-refractivity contribution in [3.05, 3.63) is 24.8 Å². The molecule has 104 valence electrons. The van der Waals surface area contributed by atoms with Gasteiger partial charge in [0.25, 0.3) is 0 Å². The van der Waals surface area contributed by atoms with Gasteiger partial charge in [-0.15, -0.1) is 0 Å². The fraction of sp³-hybridized carbons (Fsp3) is 0.706. The Morgan fingerprint density at radius 3 is 1.56 bits per heavy atom. The molecule has 18 heavy (non-hydrogen) atoms. The summed E-state index contributed by atoms with van der Waals surface area (Å²) in [6.07, 6.45) is 22.2. The number of hydrogen-bond donors (Lipinski definition) is 0. The first-order chi connectivity index (χ1) is 8.91. The van der Waals surface area contributed by atoms with Crippen LogP contribution in [0, 0.1) is 0 Å². The highest BCUT2D eigenvalue weighted by Crippen LogP contribution is 2.11. The van der Waals surface area contributed by atoms with Crippen LogP contribution in [0.4, 0.5) is 0 Å². The van der Waals surface area contributed by atoms with Crippen LogP contribution in [0.2, 0.25) is 0 Å². The van der Waals surface area contributed by atoms with E-state index in [1.165, 1.54) is 64.2 Å². The number of allylic oxidation sites excluding steroid dienone is 3. The van der Waals surface area contributed by atoms with Gasteiger partial charge in [-0.2, -0.15) is 0 Å². The predicted molar refractivity (Wildman–Crippen MR) is 80.8 cm³/mol. The van der Waals surface area contributed by atoms with E-state index >= 15 is 0 Å². The molecule has 0 aliphatic rings. The zero-order valence-electron chi connectivity index (χ0n) is 11.9. The number of aldehydes is 1. The maximum Gasteiger partial charge on any atom is 0.119 e. The Bertz CT molecular complexity index is 206. The molecule has 0 aromatic carbocycles.